The first-order chi connectivity index (χ1) is 10.1. The molecule has 0 saturated carbocycles. The molecule has 1 aromatic heterocycles. The average Bonchev–Trinajstić information content (AvgIpc) is 2.92. The van der Waals surface area contributed by atoms with Gasteiger partial charge in [0, 0.05) is 0 Å². The van der Waals surface area contributed by atoms with E-state index in [0.717, 1.165) is 22.4 Å². The molecule has 5 nitrogen and oxygen atoms in total. The van der Waals surface area contributed by atoms with Crippen molar-refractivity contribution in [1.82, 2.24) is 9.97 Å². The summed E-state index contributed by atoms with van der Waals surface area (Å²) in [6, 6.07) is 14.6. The Labute approximate surface area is 122 Å². The smallest absolute Gasteiger partial charge is 0.423 e. The van der Waals surface area contributed by atoms with Gasteiger partial charge in [0.25, 0.3) is 0 Å². The third-order valence-corrected chi connectivity index (χ3v) is 3.49. The molecule has 5 N–H and O–H groups in total. The molecule has 0 radical (unpaired) electrons. The summed E-state index contributed by atoms with van der Waals surface area (Å²) in [6.45, 7) is 0. The molecule has 106 valence electrons. The second-order valence-electron chi connectivity index (χ2n) is 5.07. The van der Waals surface area contributed by atoms with Crippen molar-refractivity contribution in [3.63, 3.8) is 0 Å². The summed E-state index contributed by atoms with van der Waals surface area (Å²) in [5.41, 5.74) is 9.56. The van der Waals surface area contributed by atoms with E-state index in [4.69, 9.17) is 15.8 Å². The normalized spacial score (nSPS) is 12.5. The Bertz CT molecular complexity index is 707. The number of para-hydroxylation sites is 2. The van der Waals surface area contributed by atoms with E-state index in [2.05, 4.69) is 9.97 Å². The number of nitrogens with two attached hydrogens (primary N) is 1. The summed E-state index contributed by atoms with van der Waals surface area (Å²) >= 11 is 0. The van der Waals surface area contributed by atoms with E-state index < -0.39 is 7.12 Å². The number of hydrogen-bond donors (Lipinski definition) is 4. The van der Waals surface area contributed by atoms with Crippen molar-refractivity contribution < 1.29 is 10.0 Å². The molecule has 1 atom stereocenters. The highest BCUT2D eigenvalue weighted by molar-refractivity contribution is 6.58. The van der Waals surface area contributed by atoms with Crippen molar-refractivity contribution in [2.75, 3.05) is 0 Å². The monoisotopic (exact) mass is 281 g/mol. The molecule has 1 heterocycles. The highest BCUT2D eigenvalue weighted by Crippen LogP contribution is 2.17. The molecule has 3 rings (SSSR count). The Morgan fingerprint density at radius 1 is 1.10 bits per heavy atom. The Kier molecular flexibility index (Phi) is 3.75. The molecule has 0 spiro atoms. The maximum atomic E-state index is 9.07. The maximum absolute atomic E-state index is 9.07. The molecule has 0 amide bonds. The van der Waals surface area contributed by atoms with Crippen LogP contribution >= 0.6 is 0 Å². The number of hydrogen-bond acceptors (Lipinski definition) is 4. The molecule has 0 fully saturated rings. The molecule has 3 aromatic rings. The fourth-order valence-electron chi connectivity index (χ4n) is 2.32. The van der Waals surface area contributed by atoms with Gasteiger partial charge in [-0.2, -0.15) is 0 Å². The number of nitrogens with one attached hydrogen (secondary N) is 1. The van der Waals surface area contributed by atoms with Crippen LogP contribution in [0.25, 0.3) is 11.0 Å². The van der Waals surface area contributed by atoms with Crippen LogP contribution in [0.4, 0.5) is 0 Å². The molecule has 0 aliphatic rings. The predicted molar refractivity (Wildman–Crippen MR) is 83.0 cm³/mol. The minimum Gasteiger partial charge on any atom is -0.423 e. The largest absolute Gasteiger partial charge is 0.488 e. The summed E-state index contributed by atoms with van der Waals surface area (Å²) in [7, 11) is -1.44. The molecule has 0 saturated heterocycles. The summed E-state index contributed by atoms with van der Waals surface area (Å²) < 4.78 is 0. The van der Waals surface area contributed by atoms with Gasteiger partial charge in [-0.1, -0.05) is 36.4 Å². The van der Waals surface area contributed by atoms with Gasteiger partial charge < -0.3 is 20.8 Å². The number of rotatable bonds is 4. The third-order valence-electron chi connectivity index (χ3n) is 3.49. The maximum Gasteiger partial charge on any atom is 0.488 e. The van der Waals surface area contributed by atoms with Crippen molar-refractivity contribution in [3.05, 3.63) is 59.9 Å². The molecule has 0 bridgehead atoms. The van der Waals surface area contributed by atoms with Gasteiger partial charge in [-0.15, -0.1) is 0 Å². The van der Waals surface area contributed by atoms with Crippen molar-refractivity contribution in [3.8, 4) is 0 Å². The first-order valence-electron chi connectivity index (χ1n) is 6.78. The highest BCUT2D eigenvalue weighted by Gasteiger charge is 2.13. The van der Waals surface area contributed by atoms with E-state index in [0.29, 0.717) is 11.9 Å². The van der Waals surface area contributed by atoms with Crippen LogP contribution in [0.5, 0.6) is 0 Å². The first-order valence-corrected chi connectivity index (χ1v) is 6.78. The Morgan fingerprint density at radius 3 is 2.48 bits per heavy atom. The summed E-state index contributed by atoms with van der Waals surface area (Å²) in [6.07, 6.45) is 0.627. The van der Waals surface area contributed by atoms with Gasteiger partial charge in [0.05, 0.1) is 17.1 Å². The molecule has 6 heteroatoms. The van der Waals surface area contributed by atoms with Gasteiger partial charge >= 0.3 is 7.12 Å². The summed E-state index contributed by atoms with van der Waals surface area (Å²) in [4.78, 5) is 7.72. The number of nitrogens with zero attached hydrogens (tertiary/aromatic N) is 1. The number of fused-ring (bicyclic) bond motifs is 1. The third kappa shape index (κ3) is 2.97. The average molecular weight is 281 g/mol. The quantitative estimate of drug-likeness (QED) is 0.523. The lowest BCUT2D eigenvalue weighted by Crippen LogP contribution is -2.29. The van der Waals surface area contributed by atoms with E-state index >= 15 is 0 Å². The van der Waals surface area contributed by atoms with Crippen LogP contribution in [-0.2, 0) is 6.42 Å². The minimum absolute atomic E-state index is 0.234. The van der Waals surface area contributed by atoms with E-state index in [1.807, 2.05) is 36.4 Å². The Morgan fingerprint density at radius 2 is 1.81 bits per heavy atom. The lowest BCUT2D eigenvalue weighted by Gasteiger charge is -2.09. The number of aromatic amines is 1. The number of benzene rings is 2. The fraction of sp³-hybridized carbons (Fsp3) is 0.133. The van der Waals surface area contributed by atoms with Crippen LogP contribution < -0.4 is 11.2 Å². The molecule has 21 heavy (non-hydrogen) atoms. The molecule has 0 unspecified atom stereocenters. The van der Waals surface area contributed by atoms with Crippen molar-refractivity contribution >= 4 is 23.6 Å². The summed E-state index contributed by atoms with van der Waals surface area (Å²) in [5, 5.41) is 18.1. The van der Waals surface area contributed by atoms with Crippen LogP contribution in [0.15, 0.2) is 48.5 Å². The number of imidazole rings is 1. The van der Waals surface area contributed by atoms with E-state index in [9.17, 15) is 0 Å². The van der Waals surface area contributed by atoms with Crippen LogP contribution in [-0.4, -0.2) is 27.1 Å². The highest BCUT2D eigenvalue weighted by atomic mass is 16.4. The van der Waals surface area contributed by atoms with Crippen molar-refractivity contribution in [2.45, 2.75) is 12.5 Å². The van der Waals surface area contributed by atoms with E-state index in [1.165, 1.54) is 0 Å². The Balaban J connectivity index is 1.77. The lowest BCUT2D eigenvalue weighted by molar-refractivity contribution is 0.426. The molecular weight excluding hydrogens is 265 g/mol. The van der Waals surface area contributed by atoms with Crippen LogP contribution in [0.2, 0.25) is 0 Å². The van der Waals surface area contributed by atoms with Crippen molar-refractivity contribution in [2.24, 2.45) is 5.73 Å². The van der Waals surface area contributed by atoms with Crippen molar-refractivity contribution in [1.29, 1.82) is 0 Å². The van der Waals surface area contributed by atoms with Crippen LogP contribution in [0, 0.1) is 0 Å². The number of aromatic nitrogens is 2. The number of H-pyrrole nitrogens is 1. The molecular formula is C15H16BN3O2. The minimum atomic E-state index is -1.44. The van der Waals surface area contributed by atoms with Gasteiger partial charge in [0.1, 0.15) is 5.82 Å². The first kappa shape index (κ1) is 13.8. The zero-order chi connectivity index (χ0) is 14.8. The van der Waals surface area contributed by atoms with Gasteiger partial charge in [-0.3, -0.25) is 0 Å². The van der Waals surface area contributed by atoms with Crippen LogP contribution in [0.1, 0.15) is 17.4 Å². The standard InChI is InChI=1S/C15H16BN3O2/c17-12(9-10-5-7-11(8-6-10)16(20)21)15-18-13-3-1-2-4-14(13)19-15/h1-8,12,20-21H,9,17H2,(H,18,19)/t12-/m0/s1. The van der Waals surface area contributed by atoms with E-state index in [-0.39, 0.29) is 6.04 Å². The Hall–Kier alpha value is -2.15. The zero-order valence-corrected chi connectivity index (χ0v) is 11.4. The SMILES string of the molecule is N[C@@H](Cc1ccc(B(O)O)cc1)c1nc2ccccc2[nH]1. The van der Waals surface area contributed by atoms with Gasteiger partial charge in [0.2, 0.25) is 0 Å². The predicted octanol–water partition coefficient (Wildman–Crippen LogP) is 0.485. The van der Waals surface area contributed by atoms with Gasteiger partial charge in [-0.25, -0.2) is 4.98 Å². The molecule has 0 aliphatic carbocycles. The molecule has 0 aliphatic heterocycles. The van der Waals surface area contributed by atoms with Gasteiger partial charge in [0.15, 0.2) is 0 Å². The van der Waals surface area contributed by atoms with E-state index in [1.54, 1.807) is 12.1 Å². The fourth-order valence-corrected chi connectivity index (χ4v) is 2.32. The van der Waals surface area contributed by atoms with Gasteiger partial charge in [-0.05, 0) is 29.6 Å². The topological polar surface area (TPSA) is 95.2 Å². The van der Waals surface area contributed by atoms with Crippen LogP contribution in [0.3, 0.4) is 0 Å². The second-order valence-corrected chi connectivity index (χ2v) is 5.07. The lowest BCUT2D eigenvalue weighted by atomic mass is 9.80. The molecule has 2 aromatic carbocycles. The zero-order valence-electron chi connectivity index (χ0n) is 11.4. The summed E-state index contributed by atoms with van der Waals surface area (Å²) in [5.74, 6) is 0.752. The second kappa shape index (κ2) is 5.69.